The number of rotatable bonds is 1. The van der Waals surface area contributed by atoms with Gasteiger partial charge >= 0.3 is 6.18 Å². The van der Waals surface area contributed by atoms with Crippen LogP contribution in [-0.2, 0) is 10.9 Å². The van der Waals surface area contributed by atoms with Gasteiger partial charge in [-0.25, -0.2) is 4.98 Å². The molecule has 1 aliphatic heterocycles. The van der Waals surface area contributed by atoms with Gasteiger partial charge in [-0.15, -0.1) is 0 Å². The van der Waals surface area contributed by atoms with Crippen LogP contribution in [0.2, 0.25) is 0 Å². The molecule has 1 unspecified atom stereocenters. The van der Waals surface area contributed by atoms with Crippen LogP contribution in [0.4, 0.5) is 13.2 Å². The van der Waals surface area contributed by atoms with Gasteiger partial charge in [0.25, 0.3) is 0 Å². The first-order valence-electron chi connectivity index (χ1n) is 6.32. The van der Waals surface area contributed by atoms with Crippen molar-refractivity contribution in [1.82, 2.24) is 9.55 Å². The van der Waals surface area contributed by atoms with Gasteiger partial charge in [-0.3, -0.25) is 0 Å². The molecule has 0 N–H and O–H groups in total. The van der Waals surface area contributed by atoms with E-state index >= 15 is 0 Å². The summed E-state index contributed by atoms with van der Waals surface area (Å²) >= 11 is 3.14. The molecule has 0 amide bonds. The van der Waals surface area contributed by atoms with E-state index in [4.69, 9.17) is 4.74 Å². The van der Waals surface area contributed by atoms with Gasteiger partial charge in [0.05, 0.1) is 17.4 Å². The van der Waals surface area contributed by atoms with Crippen LogP contribution in [0.1, 0.15) is 31.1 Å². The van der Waals surface area contributed by atoms with Gasteiger partial charge in [0.15, 0.2) is 0 Å². The highest BCUT2D eigenvalue weighted by Crippen LogP contribution is 2.37. The fourth-order valence-electron chi connectivity index (χ4n) is 2.49. The van der Waals surface area contributed by atoms with Gasteiger partial charge in [0, 0.05) is 11.1 Å². The van der Waals surface area contributed by atoms with Crippen LogP contribution in [0.15, 0.2) is 22.9 Å². The van der Waals surface area contributed by atoms with E-state index in [2.05, 4.69) is 20.9 Å². The number of imidazole rings is 1. The standard InChI is InChI=1S/C13H12BrF3N2O/c14-8-5-9(13(15,16)17)12-10(6-8)19(7-18-12)11-3-1-2-4-20-11/h5-7,11H,1-4H2. The molecular formula is C13H12BrF3N2O. The van der Waals surface area contributed by atoms with E-state index in [0.717, 1.165) is 25.3 Å². The first-order chi connectivity index (χ1) is 9.47. The van der Waals surface area contributed by atoms with Gasteiger partial charge < -0.3 is 9.30 Å². The van der Waals surface area contributed by atoms with Crippen LogP contribution in [-0.4, -0.2) is 16.2 Å². The lowest BCUT2D eigenvalue weighted by Crippen LogP contribution is -2.17. The van der Waals surface area contributed by atoms with Crippen LogP contribution >= 0.6 is 15.9 Å². The second-order valence-corrected chi connectivity index (χ2v) is 5.71. The van der Waals surface area contributed by atoms with E-state index in [-0.39, 0.29) is 11.7 Å². The molecule has 1 aromatic carbocycles. The predicted octanol–water partition coefficient (Wildman–Crippen LogP) is 4.52. The Morgan fingerprint density at radius 2 is 2.10 bits per heavy atom. The van der Waals surface area contributed by atoms with Gasteiger partial charge in [-0.05, 0) is 31.4 Å². The SMILES string of the molecule is FC(F)(F)c1cc(Br)cc2c1ncn2C1CCCCO1. The Balaban J connectivity index is 2.14. The van der Waals surface area contributed by atoms with Crippen molar-refractivity contribution in [3.63, 3.8) is 0 Å². The summed E-state index contributed by atoms with van der Waals surface area (Å²) in [5.41, 5.74) is -0.315. The molecule has 0 saturated carbocycles. The molecule has 7 heteroatoms. The molecule has 20 heavy (non-hydrogen) atoms. The summed E-state index contributed by atoms with van der Waals surface area (Å²) in [4.78, 5) is 3.94. The Hall–Kier alpha value is -1.08. The van der Waals surface area contributed by atoms with Crippen molar-refractivity contribution < 1.29 is 17.9 Å². The Labute approximate surface area is 121 Å². The molecular weight excluding hydrogens is 337 g/mol. The molecule has 3 nitrogen and oxygen atoms in total. The van der Waals surface area contributed by atoms with Gasteiger partial charge in [0.1, 0.15) is 11.7 Å². The van der Waals surface area contributed by atoms with Crippen molar-refractivity contribution in [2.45, 2.75) is 31.7 Å². The molecule has 108 valence electrons. The summed E-state index contributed by atoms with van der Waals surface area (Å²) in [7, 11) is 0. The van der Waals surface area contributed by atoms with Crippen molar-refractivity contribution in [2.75, 3.05) is 6.61 Å². The lowest BCUT2D eigenvalue weighted by atomic mass is 10.1. The van der Waals surface area contributed by atoms with E-state index in [9.17, 15) is 13.2 Å². The fraction of sp³-hybridized carbons (Fsp3) is 0.462. The second-order valence-electron chi connectivity index (χ2n) is 4.79. The number of aromatic nitrogens is 2. The van der Waals surface area contributed by atoms with Crippen molar-refractivity contribution in [3.05, 3.63) is 28.5 Å². The van der Waals surface area contributed by atoms with Gasteiger partial charge in [0.2, 0.25) is 0 Å². The molecule has 0 bridgehead atoms. The zero-order valence-electron chi connectivity index (χ0n) is 10.5. The summed E-state index contributed by atoms with van der Waals surface area (Å²) < 4.78 is 46.8. The van der Waals surface area contributed by atoms with Crippen LogP contribution in [0.3, 0.4) is 0 Å². The van der Waals surface area contributed by atoms with Gasteiger partial charge in [-0.2, -0.15) is 13.2 Å². The number of ether oxygens (including phenoxy) is 1. The highest BCUT2D eigenvalue weighted by molar-refractivity contribution is 9.10. The Morgan fingerprint density at radius 3 is 2.75 bits per heavy atom. The maximum absolute atomic E-state index is 13.0. The first-order valence-corrected chi connectivity index (χ1v) is 7.11. The topological polar surface area (TPSA) is 27.1 Å². The summed E-state index contributed by atoms with van der Waals surface area (Å²) in [5.74, 6) is 0. The lowest BCUT2D eigenvalue weighted by Gasteiger charge is -2.24. The molecule has 3 rings (SSSR count). The Morgan fingerprint density at radius 1 is 1.30 bits per heavy atom. The molecule has 2 heterocycles. The van der Waals surface area contributed by atoms with Crippen molar-refractivity contribution in [1.29, 1.82) is 0 Å². The van der Waals surface area contributed by atoms with E-state index in [0.29, 0.717) is 16.6 Å². The van der Waals surface area contributed by atoms with Crippen molar-refractivity contribution in [3.8, 4) is 0 Å². The van der Waals surface area contributed by atoms with E-state index in [1.54, 1.807) is 10.6 Å². The minimum atomic E-state index is -4.42. The molecule has 2 aromatic rings. The number of hydrogen-bond acceptors (Lipinski definition) is 2. The zero-order chi connectivity index (χ0) is 14.3. The first kappa shape index (κ1) is 13.9. The average Bonchev–Trinajstić information content (AvgIpc) is 2.81. The number of alkyl halides is 3. The number of nitrogens with zero attached hydrogens (tertiary/aromatic N) is 2. The molecule has 0 spiro atoms. The summed E-state index contributed by atoms with van der Waals surface area (Å²) in [5, 5.41) is 0. The average molecular weight is 349 g/mol. The molecule has 0 radical (unpaired) electrons. The summed E-state index contributed by atoms with van der Waals surface area (Å²) in [6.45, 7) is 0.629. The highest BCUT2D eigenvalue weighted by Gasteiger charge is 2.35. The molecule has 1 aliphatic rings. The summed E-state index contributed by atoms with van der Waals surface area (Å²) in [6.07, 6.45) is -0.439. The highest BCUT2D eigenvalue weighted by atomic mass is 79.9. The summed E-state index contributed by atoms with van der Waals surface area (Å²) in [6, 6.07) is 2.71. The van der Waals surface area contributed by atoms with Crippen LogP contribution in [0, 0.1) is 0 Å². The lowest BCUT2D eigenvalue weighted by molar-refractivity contribution is -0.136. The third kappa shape index (κ3) is 2.44. The number of halogens is 4. The van der Waals surface area contributed by atoms with Crippen molar-refractivity contribution >= 4 is 27.0 Å². The number of fused-ring (bicyclic) bond motifs is 1. The third-order valence-corrected chi connectivity index (χ3v) is 3.87. The fourth-order valence-corrected chi connectivity index (χ4v) is 2.93. The molecule has 1 saturated heterocycles. The smallest absolute Gasteiger partial charge is 0.358 e. The number of hydrogen-bond donors (Lipinski definition) is 0. The maximum atomic E-state index is 13.0. The molecule has 0 aliphatic carbocycles. The van der Waals surface area contributed by atoms with Crippen LogP contribution < -0.4 is 0 Å². The van der Waals surface area contributed by atoms with E-state index in [1.165, 1.54) is 6.33 Å². The van der Waals surface area contributed by atoms with Crippen LogP contribution in [0.5, 0.6) is 0 Å². The minimum Gasteiger partial charge on any atom is -0.358 e. The largest absolute Gasteiger partial charge is 0.418 e. The van der Waals surface area contributed by atoms with Gasteiger partial charge in [-0.1, -0.05) is 15.9 Å². The maximum Gasteiger partial charge on any atom is 0.418 e. The molecule has 1 atom stereocenters. The Bertz CT molecular complexity index is 632. The van der Waals surface area contributed by atoms with Crippen molar-refractivity contribution in [2.24, 2.45) is 0 Å². The quantitative estimate of drug-likeness (QED) is 0.757. The normalized spacial score (nSPS) is 20.5. The number of benzene rings is 1. The second kappa shape index (κ2) is 5.04. The zero-order valence-corrected chi connectivity index (χ0v) is 12.0. The monoisotopic (exact) mass is 348 g/mol. The van der Waals surface area contributed by atoms with E-state index in [1.807, 2.05) is 0 Å². The third-order valence-electron chi connectivity index (χ3n) is 3.42. The minimum absolute atomic E-state index is 0.0325. The van der Waals surface area contributed by atoms with Crippen LogP contribution in [0.25, 0.3) is 11.0 Å². The van der Waals surface area contributed by atoms with E-state index < -0.39 is 11.7 Å². The molecule has 1 aromatic heterocycles. The predicted molar refractivity (Wildman–Crippen MR) is 71.3 cm³/mol. The Kier molecular flexibility index (Phi) is 3.50. The molecule has 1 fully saturated rings.